The van der Waals surface area contributed by atoms with E-state index < -0.39 is 0 Å². The van der Waals surface area contributed by atoms with Gasteiger partial charge in [-0.05, 0) is 40.8 Å². The van der Waals surface area contributed by atoms with Crippen molar-refractivity contribution in [2.45, 2.75) is 6.42 Å². The smallest absolute Gasteiger partial charge is 0.134 e. The summed E-state index contributed by atoms with van der Waals surface area (Å²) in [6.07, 6.45) is 0.864. The lowest BCUT2D eigenvalue weighted by Crippen LogP contribution is -2.22. The van der Waals surface area contributed by atoms with Crippen LogP contribution in [0.25, 0.3) is 11.1 Å². The fourth-order valence-electron chi connectivity index (χ4n) is 2.62. The molecule has 0 radical (unpaired) electrons. The first-order chi connectivity index (χ1) is 8.65. The molecule has 0 aromatic heterocycles. The van der Waals surface area contributed by atoms with E-state index >= 15 is 0 Å². The molecule has 0 spiro atoms. The highest BCUT2D eigenvalue weighted by molar-refractivity contribution is 6.26. The number of hydrogen-bond donors (Lipinski definition) is 1. The van der Waals surface area contributed by atoms with Crippen molar-refractivity contribution in [1.82, 2.24) is 5.32 Å². The first kappa shape index (κ1) is 11.0. The lowest BCUT2D eigenvalue weighted by atomic mass is 9.99. The maximum atomic E-state index is 4.27. The van der Waals surface area contributed by atoms with Gasteiger partial charge in [0.1, 0.15) is 11.7 Å². The molecule has 1 aromatic rings. The Morgan fingerprint density at radius 2 is 1.33 bits per heavy atom. The molecule has 90 valence electrons. The van der Waals surface area contributed by atoms with Crippen LogP contribution in [0.15, 0.2) is 35.3 Å². The van der Waals surface area contributed by atoms with Crippen LogP contribution in [-0.2, 0) is 0 Å². The highest BCUT2D eigenvalue weighted by Crippen LogP contribution is 2.40. The summed E-state index contributed by atoms with van der Waals surface area (Å²) in [6, 6.07) is 4.30. The number of nitrogens with zero attached hydrogens (tertiary/aromatic N) is 2. The minimum Gasteiger partial charge on any atom is -0.325 e. The molecule has 3 nitrogen and oxygen atoms in total. The van der Waals surface area contributed by atoms with Crippen molar-refractivity contribution in [3.63, 3.8) is 0 Å². The van der Waals surface area contributed by atoms with Crippen molar-refractivity contribution >= 4 is 22.8 Å². The summed E-state index contributed by atoms with van der Waals surface area (Å²) in [5.74, 6) is 1.75. The second kappa shape index (κ2) is 3.67. The first-order valence-electron chi connectivity index (χ1n) is 5.91. The van der Waals surface area contributed by atoms with Crippen LogP contribution in [0.3, 0.4) is 0 Å². The fourth-order valence-corrected chi connectivity index (χ4v) is 2.62. The molecule has 0 bridgehead atoms. The number of amidine groups is 2. The average molecular weight is 237 g/mol. The largest absolute Gasteiger partial charge is 0.325 e. The molecule has 1 N–H and O–H groups in total. The molecule has 0 unspecified atom stereocenters. The van der Waals surface area contributed by atoms with Gasteiger partial charge in [0.15, 0.2) is 0 Å². The maximum absolute atomic E-state index is 4.27. The molecule has 1 aliphatic heterocycles. The summed E-state index contributed by atoms with van der Waals surface area (Å²) < 4.78 is 0. The number of allylic oxidation sites excluding steroid dienone is 2. The van der Waals surface area contributed by atoms with Crippen LogP contribution in [0, 0.1) is 0 Å². The molecular weight excluding hydrogens is 222 g/mol. The van der Waals surface area contributed by atoms with Crippen molar-refractivity contribution in [2.75, 3.05) is 14.1 Å². The third kappa shape index (κ3) is 1.30. The van der Waals surface area contributed by atoms with Gasteiger partial charge in [-0.25, -0.2) is 0 Å². The van der Waals surface area contributed by atoms with Gasteiger partial charge in [0.25, 0.3) is 0 Å². The molecule has 2 aliphatic rings. The van der Waals surface area contributed by atoms with Crippen LogP contribution < -0.4 is 5.32 Å². The highest BCUT2D eigenvalue weighted by Gasteiger charge is 2.28. The number of fused-ring (bicyclic) bond motifs is 2. The Hall–Kier alpha value is -2.16. The Morgan fingerprint density at radius 3 is 1.72 bits per heavy atom. The van der Waals surface area contributed by atoms with E-state index in [-0.39, 0.29) is 0 Å². The molecule has 1 heterocycles. The number of benzene rings is 1. The molecule has 0 atom stereocenters. The predicted octanol–water partition coefficient (Wildman–Crippen LogP) is 2.47. The third-order valence-corrected chi connectivity index (χ3v) is 3.54. The molecule has 0 saturated carbocycles. The molecule has 1 aromatic carbocycles. The van der Waals surface area contributed by atoms with E-state index in [2.05, 4.69) is 40.6 Å². The van der Waals surface area contributed by atoms with Gasteiger partial charge in [-0.15, -0.1) is 0 Å². The van der Waals surface area contributed by atoms with Crippen molar-refractivity contribution in [3.05, 3.63) is 47.5 Å². The van der Waals surface area contributed by atoms with E-state index in [0.29, 0.717) is 0 Å². The molecule has 0 saturated heterocycles. The third-order valence-electron chi connectivity index (χ3n) is 3.54. The molecule has 3 heteroatoms. The van der Waals surface area contributed by atoms with Crippen molar-refractivity contribution in [1.29, 1.82) is 0 Å². The molecule has 1 aliphatic carbocycles. The van der Waals surface area contributed by atoms with Crippen LogP contribution in [0.5, 0.6) is 0 Å². The normalized spacial score (nSPS) is 21.4. The summed E-state index contributed by atoms with van der Waals surface area (Å²) in [4.78, 5) is 8.54. The lowest BCUT2D eigenvalue weighted by Gasteiger charge is -2.04. The molecule has 0 amide bonds. The van der Waals surface area contributed by atoms with Crippen molar-refractivity contribution in [2.24, 2.45) is 9.98 Å². The van der Waals surface area contributed by atoms with E-state index in [1.54, 1.807) is 14.1 Å². The summed E-state index contributed by atoms with van der Waals surface area (Å²) >= 11 is 0. The van der Waals surface area contributed by atoms with Crippen LogP contribution in [0.4, 0.5) is 0 Å². The molecule has 3 rings (SSSR count). The number of rotatable bonds is 0. The predicted molar refractivity (Wildman–Crippen MR) is 77.2 cm³/mol. The van der Waals surface area contributed by atoms with Crippen LogP contribution in [0.2, 0.25) is 0 Å². The van der Waals surface area contributed by atoms with E-state index in [4.69, 9.17) is 0 Å². The van der Waals surface area contributed by atoms with Gasteiger partial charge in [-0.3, -0.25) is 9.98 Å². The second-order valence-electron chi connectivity index (χ2n) is 4.60. The minimum absolute atomic E-state index is 0.864. The first-order valence-corrected chi connectivity index (χ1v) is 5.91. The summed E-state index contributed by atoms with van der Waals surface area (Å²) in [5, 5.41) is 3.23. The monoisotopic (exact) mass is 237 g/mol. The Balaban J connectivity index is 2.31. The minimum atomic E-state index is 0.864. The zero-order chi connectivity index (χ0) is 12.9. The maximum Gasteiger partial charge on any atom is 0.134 e. The van der Waals surface area contributed by atoms with Crippen molar-refractivity contribution in [3.8, 4) is 0 Å². The van der Waals surface area contributed by atoms with Crippen LogP contribution >= 0.6 is 0 Å². The summed E-state index contributed by atoms with van der Waals surface area (Å²) in [7, 11) is 3.57. The zero-order valence-electron chi connectivity index (χ0n) is 10.7. The SMILES string of the molecule is C=C1CC(=C)c2cc3c(cc21)C(=NC)NC3=NC. The van der Waals surface area contributed by atoms with Gasteiger partial charge in [0.05, 0.1) is 0 Å². The Kier molecular flexibility index (Phi) is 2.23. The van der Waals surface area contributed by atoms with E-state index in [1.165, 1.54) is 11.1 Å². The standard InChI is InChI=1S/C15H15N3/c1-8-5-9(2)11-7-13-12(6-10(8)11)14(16-3)18-15(13)17-4/h6-7H,1-2,5H2,3-4H3,(H,16,17,18). The Labute approximate surface area is 107 Å². The fraction of sp³-hybridized carbons (Fsp3) is 0.200. The van der Waals surface area contributed by atoms with E-state index in [9.17, 15) is 0 Å². The molecular formula is C15H15N3. The van der Waals surface area contributed by atoms with Gasteiger partial charge in [0, 0.05) is 25.2 Å². The number of aliphatic imine (C=N–C) groups is 2. The van der Waals surface area contributed by atoms with Gasteiger partial charge >= 0.3 is 0 Å². The van der Waals surface area contributed by atoms with Gasteiger partial charge in [-0.2, -0.15) is 0 Å². The number of hydrogen-bond acceptors (Lipinski definition) is 2. The van der Waals surface area contributed by atoms with E-state index in [1.807, 2.05) is 0 Å². The number of nitrogens with one attached hydrogen (secondary N) is 1. The average Bonchev–Trinajstić information content (AvgIpc) is 2.86. The summed E-state index contributed by atoms with van der Waals surface area (Å²) in [6.45, 7) is 8.22. The molecule has 0 fully saturated rings. The summed E-state index contributed by atoms with van der Waals surface area (Å²) in [5.41, 5.74) is 6.86. The van der Waals surface area contributed by atoms with E-state index in [0.717, 1.165) is 40.4 Å². The van der Waals surface area contributed by atoms with Crippen LogP contribution in [-0.4, -0.2) is 25.8 Å². The quantitative estimate of drug-likeness (QED) is 0.739. The van der Waals surface area contributed by atoms with Gasteiger partial charge in [0.2, 0.25) is 0 Å². The second-order valence-corrected chi connectivity index (χ2v) is 4.60. The van der Waals surface area contributed by atoms with Crippen LogP contribution in [0.1, 0.15) is 28.7 Å². The van der Waals surface area contributed by atoms with Crippen molar-refractivity contribution < 1.29 is 0 Å². The van der Waals surface area contributed by atoms with Gasteiger partial charge < -0.3 is 5.32 Å². The van der Waals surface area contributed by atoms with Gasteiger partial charge in [-0.1, -0.05) is 13.2 Å². The zero-order valence-corrected chi connectivity index (χ0v) is 10.7. The highest BCUT2D eigenvalue weighted by atomic mass is 15.1. The Bertz CT molecular complexity index is 593. The lowest BCUT2D eigenvalue weighted by molar-refractivity contribution is 1.29. The molecule has 18 heavy (non-hydrogen) atoms. The topological polar surface area (TPSA) is 36.8 Å². The Morgan fingerprint density at radius 1 is 0.889 bits per heavy atom.